The Morgan fingerprint density at radius 2 is 2.19 bits per heavy atom. The molecule has 0 amide bonds. The van der Waals surface area contributed by atoms with Crippen molar-refractivity contribution >= 4 is 34.1 Å². The summed E-state index contributed by atoms with van der Waals surface area (Å²) in [6.45, 7) is 0.587. The molecule has 0 aliphatic carbocycles. The summed E-state index contributed by atoms with van der Waals surface area (Å²) in [7, 11) is 0. The fourth-order valence-electron chi connectivity index (χ4n) is 1.76. The number of aromatic nitrogens is 1. The molecule has 2 rings (SSSR count). The van der Waals surface area contributed by atoms with Gasteiger partial charge in [0.25, 0.3) is 0 Å². The quantitative estimate of drug-likeness (QED) is 0.893. The zero-order valence-electron chi connectivity index (χ0n) is 8.53. The van der Waals surface area contributed by atoms with E-state index in [0.717, 1.165) is 16.5 Å². The third-order valence-corrected chi connectivity index (χ3v) is 3.12. The van der Waals surface area contributed by atoms with E-state index in [1.807, 2.05) is 35.0 Å². The van der Waals surface area contributed by atoms with Gasteiger partial charge in [-0.25, -0.2) is 0 Å². The van der Waals surface area contributed by atoms with Crippen LogP contribution in [0, 0.1) is 0 Å². The van der Waals surface area contributed by atoms with E-state index in [9.17, 15) is 5.11 Å². The maximum absolute atomic E-state index is 9.21. The van der Waals surface area contributed by atoms with Crippen LogP contribution in [0.25, 0.3) is 10.9 Å². The zero-order valence-corrected chi connectivity index (χ0v) is 10.0. The van der Waals surface area contributed by atoms with Crippen molar-refractivity contribution in [2.45, 2.75) is 13.2 Å². The normalized spacial score (nSPS) is 12.3. The second kappa shape index (κ2) is 4.91. The molecule has 1 heterocycles. The number of hydrogen-bond acceptors (Lipinski definition) is 1. The molecule has 1 aromatic heterocycles. The minimum Gasteiger partial charge on any atom is -0.392 e. The predicted octanol–water partition coefficient (Wildman–Crippen LogP) is 3.45. The zero-order chi connectivity index (χ0) is 11.5. The first kappa shape index (κ1) is 11.5. The molecule has 4 heteroatoms. The van der Waals surface area contributed by atoms with E-state index in [1.54, 1.807) is 0 Å². The minimum atomic E-state index is 0.0421. The Morgan fingerprint density at radius 3 is 2.88 bits per heavy atom. The highest BCUT2D eigenvalue weighted by atomic mass is 35.5. The molecule has 1 aromatic carbocycles. The number of aliphatic hydroxyl groups is 1. The third kappa shape index (κ3) is 2.09. The van der Waals surface area contributed by atoms with Crippen LogP contribution >= 0.6 is 23.2 Å². The highest BCUT2D eigenvalue weighted by Crippen LogP contribution is 2.22. The Morgan fingerprint density at radius 1 is 1.38 bits per heavy atom. The van der Waals surface area contributed by atoms with Gasteiger partial charge in [-0.3, -0.25) is 0 Å². The van der Waals surface area contributed by atoms with Crippen LogP contribution in [-0.4, -0.2) is 9.67 Å². The van der Waals surface area contributed by atoms with Gasteiger partial charge < -0.3 is 9.67 Å². The Kier molecular flexibility index (Phi) is 3.54. The SMILES string of the molecule is OCc1cccc2c1ccn2CC(Cl)=CCl. The van der Waals surface area contributed by atoms with Crippen LogP contribution in [0.5, 0.6) is 0 Å². The first-order valence-corrected chi connectivity index (χ1v) is 5.70. The lowest BCUT2D eigenvalue weighted by Gasteiger charge is -2.05. The van der Waals surface area contributed by atoms with Crippen LogP contribution < -0.4 is 0 Å². The molecule has 0 fully saturated rings. The standard InChI is InChI=1S/C12H11Cl2NO/c13-6-10(14)7-15-5-4-11-9(8-16)2-1-3-12(11)15/h1-6,16H,7-8H2. The number of allylic oxidation sites excluding steroid dienone is 1. The topological polar surface area (TPSA) is 25.2 Å². The number of rotatable bonds is 3. The largest absolute Gasteiger partial charge is 0.392 e. The van der Waals surface area contributed by atoms with Crippen molar-refractivity contribution in [3.63, 3.8) is 0 Å². The molecule has 0 bridgehead atoms. The summed E-state index contributed by atoms with van der Waals surface area (Å²) in [6.07, 6.45) is 1.94. The molecule has 0 unspecified atom stereocenters. The highest BCUT2D eigenvalue weighted by Gasteiger charge is 2.05. The van der Waals surface area contributed by atoms with Crippen molar-refractivity contribution in [3.05, 3.63) is 46.6 Å². The smallest absolute Gasteiger partial charge is 0.0688 e. The van der Waals surface area contributed by atoms with Crippen molar-refractivity contribution in [1.29, 1.82) is 0 Å². The summed E-state index contributed by atoms with van der Waals surface area (Å²) in [5, 5.41) is 10.8. The number of hydrogen-bond donors (Lipinski definition) is 1. The first-order valence-electron chi connectivity index (χ1n) is 4.88. The van der Waals surface area contributed by atoms with Gasteiger partial charge >= 0.3 is 0 Å². The highest BCUT2D eigenvalue weighted by molar-refractivity contribution is 6.36. The summed E-state index contributed by atoms with van der Waals surface area (Å²) in [5.41, 5.74) is 3.33. The fraction of sp³-hybridized carbons (Fsp3) is 0.167. The molecule has 0 radical (unpaired) electrons. The van der Waals surface area contributed by atoms with Crippen molar-refractivity contribution in [1.82, 2.24) is 4.57 Å². The lowest BCUT2D eigenvalue weighted by Crippen LogP contribution is -1.95. The van der Waals surface area contributed by atoms with Crippen LogP contribution in [0.2, 0.25) is 0 Å². The van der Waals surface area contributed by atoms with Gasteiger partial charge in [-0.1, -0.05) is 35.3 Å². The van der Waals surface area contributed by atoms with E-state index in [-0.39, 0.29) is 6.61 Å². The van der Waals surface area contributed by atoms with Crippen LogP contribution in [0.1, 0.15) is 5.56 Å². The summed E-state index contributed by atoms with van der Waals surface area (Å²) >= 11 is 11.4. The Hall–Kier alpha value is -0.960. The third-order valence-electron chi connectivity index (χ3n) is 2.51. The second-order valence-corrected chi connectivity index (χ2v) is 4.21. The number of benzene rings is 1. The number of halogens is 2. The summed E-state index contributed by atoms with van der Waals surface area (Å²) in [4.78, 5) is 0. The number of fused-ring (bicyclic) bond motifs is 1. The van der Waals surface area contributed by atoms with Crippen molar-refractivity contribution < 1.29 is 5.11 Å². The maximum atomic E-state index is 9.21. The summed E-state index contributed by atoms with van der Waals surface area (Å²) < 4.78 is 2.00. The Labute approximate surface area is 104 Å². The van der Waals surface area contributed by atoms with E-state index < -0.39 is 0 Å². The molecule has 0 spiro atoms. The van der Waals surface area contributed by atoms with Gasteiger partial charge in [0.1, 0.15) is 0 Å². The number of aliphatic hydroxyl groups excluding tert-OH is 1. The van der Waals surface area contributed by atoms with Crippen molar-refractivity contribution in [2.75, 3.05) is 0 Å². The Balaban J connectivity index is 2.49. The van der Waals surface area contributed by atoms with E-state index in [4.69, 9.17) is 23.2 Å². The van der Waals surface area contributed by atoms with Crippen LogP contribution in [0.15, 0.2) is 41.0 Å². The lowest BCUT2D eigenvalue weighted by molar-refractivity contribution is 0.283. The number of nitrogens with zero attached hydrogens (tertiary/aromatic N) is 1. The van der Waals surface area contributed by atoms with Gasteiger partial charge in [-0.05, 0) is 17.7 Å². The van der Waals surface area contributed by atoms with Gasteiger partial charge in [0.15, 0.2) is 0 Å². The van der Waals surface area contributed by atoms with E-state index >= 15 is 0 Å². The molecule has 0 aliphatic rings. The van der Waals surface area contributed by atoms with Crippen LogP contribution in [-0.2, 0) is 13.2 Å². The van der Waals surface area contributed by atoms with Gasteiger partial charge in [-0.15, -0.1) is 0 Å². The Bertz CT molecular complexity index is 531. The molecule has 0 saturated heterocycles. The molecular weight excluding hydrogens is 245 g/mol. The first-order chi connectivity index (χ1) is 7.76. The predicted molar refractivity (Wildman–Crippen MR) is 67.6 cm³/mol. The average molecular weight is 256 g/mol. The van der Waals surface area contributed by atoms with Crippen LogP contribution in [0.3, 0.4) is 0 Å². The van der Waals surface area contributed by atoms with Gasteiger partial charge in [-0.2, -0.15) is 0 Å². The maximum Gasteiger partial charge on any atom is 0.0688 e. The molecule has 84 valence electrons. The van der Waals surface area contributed by atoms with E-state index in [0.29, 0.717) is 11.6 Å². The van der Waals surface area contributed by atoms with E-state index in [2.05, 4.69) is 0 Å². The van der Waals surface area contributed by atoms with Gasteiger partial charge in [0, 0.05) is 27.7 Å². The molecule has 2 nitrogen and oxygen atoms in total. The summed E-state index contributed by atoms with van der Waals surface area (Å²) in [6, 6.07) is 7.79. The molecule has 2 aromatic rings. The average Bonchev–Trinajstić information content (AvgIpc) is 2.72. The second-order valence-electron chi connectivity index (χ2n) is 3.51. The molecule has 1 N–H and O–H groups in total. The molecule has 0 atom stereocenters. The lowest BCUT2D eigenvalue weighted by atomic mass is 10.1. The van der Waals surface area contributed by atoms with Gasteiger partial charge in [0.2, 0.25) is 0 Å². The monoisotopic (exact) mass is 255 g/mol. The van der Waals surface area contributed by atoms with Crippen LogP contribution in [0.4, 0.5) is 0 Å². The summed E-state index contributed by atoms with van der Waals surface area (Å²) in [5.74, 6) is 0. The minimum absolute atomic E-state index is 0.0421. The van der Waals surface area contributed by atoms with E-state index in [1.165, 1.54) is 5.54 Å². The molecule has 16 heavy (non-hydrogen) atoms. The fourth-order valence-corrected chi connectivity index (χ4v) is 1.96. The molecule has 0 aliphatic heterocycles. The van der Waals surface area contributed by atoms with Crippen molar-refractivity contribution in [2.24, 2.45) is 0 Å². The van der Waals surface area contributed by atoms with Crippen molar-refractivity contribution in [3.8, 4) is 0 Å². The molecule has 0 saturated carbocycles. The van der Waals surface area contributed by atoms with Gasteiger partial charge in [0.05, 0.1) is 13.2 Å². The molecular formula is C12H11Cl2NO.